The Hall–Kier alpha value is -0.680. The number of nitrogens with two attached hydrogens (primary N) is 1. The summed E-state index contributed by atoms with van der Waals surface area (Å²) >= 11 is 4.82. The Morgan fingerprint density at radius 2 is 2.50 bits per heavy atom. The van der Waals surface area contributed by atoms with Gasteiger partial charge >= 0.3 is 0 Å². The summed E-state index contributed by atoms with van der Waals surface area (Å²) in [7, 11) is 0. The Bertz CT molecular complexity index is 232. The molecule has 1 rings (SSSR count). The number of rotatable bonds is 4. The molecule has 1 aliphatic heterocycles. The fourth-order valence-corrected chi connectivity index (χ4v) is 1.82. The molecule has 1 fully saturated rings. The van der Waals surface area contributed by atoms with Crippen LogP contribution in [0, 0.1) is 0 Å². The first-order valence-electron chi connectivity index (χ1n) is 4.95. The number of hydrogen-bond donors (Lipinski definition) is 2. The van der Waals surface area contributed by atoms with E-state index in [0.717, 1.165) is 26.1 Å². The summed E-state index contributed by atoms with van der Waals surface area (Å²) in [6.45, 7) is 4.43. The third-order valence-electron chi connectivity index (χ3n) is 2.47. The molecule has 14 heavy (non-hydrogen) atoms. The summed E-state index contributed by atoms with van der Waals surface area (Å²) in [6.07, 6.45) is 1.53. The number of nitrogens with one attached hydrogen (secondary N) is 1. The van der Waals surface area contributed by atoms with Crippen LogP contribution in [0.5, 0.6) is 0 Å². The number of hydrogen-bond acceptors (Lipinski definition) is 3. The first kappa shape index (κ1) is 11.4. The van der Waals surface area contributed by atoms with E-state index >= 15 is 0 Å². The standard InChI is InChI=1S/C9H17N3OS/c1-2-7-9(13)11-4-6-12(7)5-3-8(10)14/h7H,2-6H2,1H3,(H2,10,14)(H,11,13). The average Bonchev–Trinajstić information content (AvgIpc) is 2.14. The molecule has 0 aromatic rings. The molecule has 1 amide bonds. The lowest BCUT2D eigenvalue weighted by atomic mass is 10.1. The van der Waals surface area contributed by atoms with Crippen LogP contribution in [-0.2, 0) is 4.79 Å². The molecular weight excluding hydrogens is 198 g/mol. The summed E-state index contributed by atoms with van der Waals surface area (Å²) in [5.74, 6) is 0.127. The van der Waals surface area contributed by atoms with Crippen LogP contribution < -0.4 is 11.1 Å². The van der Waals surface area contributed by atoms with E-state index in [9.17, 15) is 4.79 Å². The first-order valence-corrected chi connectivity index (χ1v) is 5.36. The van der Waals surface area contributed by atoms with Gasteiger partial charge in [-0.05, 0) is 6.42 Å². The minimum atomic E-state index is -0.00176. The van der Waals surface area contributed by atoms with E-state index in [1.807, 2.05) is 6.92 Å². The SMILES string of the molecule is CCC1C(=O)NCCN1CCC(N)=S. The number of carbonyl (C=O) groups excluding carboxylic acids is 1. The van der Waals surface area contributed by atoms with Crippen molar-refractivity contribution in [3.63, 3.8) is 0 Å². The van der Waals surface area contributed by atoms with E-state index in [-0.39, 0.29) is 11.9 Å². The maximum absolute atomic E-state index is 11.5. The minimum Gasteiger partial charge on any atom is -0.393 e. The van der Waals surface area contributed by atoms with Gasteiger partial charge in [-0.2, -0.15) is 0 Å². The minimum absolute atomic E-state index is 0.00176. The van der Waals surface area contributed by atoms with Gasteiger partial charge in [0.2, 0.25) is 5.91 Å². The molecule has 4 nitrogen and oxygen atoms in total. The number of piperazine rings is 1. The van der Waals surface area contributed by atoms with E-state index in [2.05, 4.69) is 10.2 Å². The van der Waals surface area contributed by atoms with Crippen molar-refractivity contribution in [2.75, 3.05) is 19.6 Å². The lowest BCUT2D eigenvalue weighted by molar-refractivity contribution is -0.129. The molecule has 1 aliphatic rings. The summed E-state index contributed by atoms with van der Waals surface area (Å²) in [5.41, 5.74) is 5.44. The average molecular weight is 215 g/mol. The van der Waals surface area contributed by atoms with Crippen molar-refractivity contribution in [1.82, 2.24) is 10.2 Å². The van der Waals surface area contributed by atoms with Gasteiger partial charge in [0.25, 0.3) is 0 Å². The van der Waals surface area contributed by atoms with Crippen molar-refractivity contribution in [3.05, 3.63) is 0 Å². The van der Waals surface area contributed by atoms with E-state index in [1.165, 1.54) is 0 Å². The molecule has 0 radical (unpaired) electrons. The molecule has 3 N–H and O–H groups in total. The van der Waals surface area contributed by atoms with Crippen LogP contribution in [0.15, 0.2) is 0 Å². The monoisotopic (exact) mass is 215 g/mol. The van der Waals surface area contributed by atoms with Gasteiger partial charge in [-0.25, -0.2) is 0 Å². The number of thiocarbonyl (C=S) groups is 1. The molecule has 1 heterocycles. The van der Waals surface area contributed by atoms with Gasteiger partial charge in [0, 0.05) is 26.1 Å². The third-order valence-corrected chi connectivity index (χ3v) is 2.68. The molecule has 0 aliphatic carbocycles. The summed E-state index contributed by atoms with van der Waals surface area (Å²) < 4.78 is 0. The van der Waals surface area contributed by atoms with Gasteiger partial charge in [-0.1, -0.05) is 19.1 Å². The summed E-state index contributed by atoms with van der Waals surface area (Å²) in [6, 6.07) is -0.00176. The zero-order chi connectivity index (χ0) is 10.6. The maximum atomic E-state index is 11.5. The van der Waals surface area contributed by atoms with Gasteiger partial charge in [0.15, 0.2) is 0 Å². The number of amides is 1. The molecule has 0 spiro atoms. The quantitative estimate of drug-likeness (QED) is 0.642. The predicted molar refractivity (Wildman–Crippen MR) is 60.1 cm³/mol. The largest absolute Gasteiger partial charge is 0.393 e. The van der Waals surface area contributed by atoms with Crippen LogP contribution in [0.1, 0.15) is 19.8 Å². The van der Waals surface area contributed by atoms with Crippen molar-refractivity contribution in [3.8, 4) is 0 Å². The van der Waals surface area contributed by atoms with Gasteiger partial charge in [0.05, 0.1) is 11.0 Å². The summed E-state index contributed by atoms with van der Waals surface area (Å²) in [4.78, 5) is 14.1. The zero-order valence-corrected chi connectivity index (χ0v) is 9.27. The second-order valence-electron chi connectivity index (χ2n) is 3.47. The molecule has 1 saturated heterocycles. The molecule has 0 bridgehead atoms. The van der Waals surface area contributed by atoms with Crippen LogP contribution >= 0.6 is 12.2 Å². The molecular formula is C9H17N3OS. The van der Waals surface area contributed by atoms with Crippen LogP contribution in [-0.4, -0.2) is 41.5 Å². The van der Waals surface area contributed by atoms with E-state index in [4.69, 9.17) is 18.0 Å². The molecule has 0 saturated carbocycles. The van der Waals surface area contributed by atoms with E-state index < -0.39 is 0 Å². The van der Waals surface area contributed by atoms with Crippen molar-refractivity contribution in [2.24, 2.45) is 5.73 Å². The Balaban J connectivity index is 2.47. The van der Waals surface area contributed by atoms with E-state index in [1.54, 1.807) is 0 Å². The lowest BCUT2D eigenvalue weighted by Gasteiger charge is -2.34. The smallest absolute Gasteiger partial charge is 0.237 e. The van der Waals surface area contributed by atoms with Gasteiger partial charge < -0.3 is 11.1 Å². The molecule has 5 heteroatoms. The van der Waals surface area contributed by atoms with Gasteiger partial charge in [0.1, 0.15) is 0 Å². The zero-order valence-electron chi connectivity index (χ0n) is 8.45. The topological polar surface area (TPSA) is 58.4 Å². The van der Waals surface area contributed by atoms with Crippen LogP contribution in [0.2, 0.25) is 0 Å². The summed E-state index contributed by atoms with van der Waals surface area (Å²) in [5, 5.41) is 2.86. The highest BCUT2D eigenvalue weighted by atomic mass is 32.1. The van der Waals surface area contributed by atoms with Crippen molar-refractivity contribution >= 4 is 23.1 Å². The normalized spacial score (nSPS) is 23.2. The first-order chi connectivity index (χ1) is 6.65. The Morgan fingerprint density at radius 3 is 3.07 bits per heavy atom. The third kappa shape index (κ3) is 2.92. The van der Waals surface area contributed by atoms with Crippen LogP contribution in [0.3, 0.4) is 0 Å². The molecule has 1 unspecified atom stereocenters. The van der Waals surface area contributed by atoms with Crippen molar-refractivity contribution < 1.29 is 4.79 Å². The number of nitrogens with zero attached hydrogens (tertiary/aromatic N) is 1. The number of carbonyl (C=O) groups is 1. The van der Waals surface area contributed by atoms with Gasteiger partial charge in [-0.3, -0.25) is 9.69 Å². The van der Waals surface area contributed by atoms with Crippen LogP contribution in [0.25, 0.3) is 0 Å². The second kappa shape index (κ2) is 5.26. The Kier molecular flexibility index (Phi) is 4.28. The van der Waals surface area contributed by atoms with Crippen LogP contribution in [0.4, 0.5) is 0 Å². The highest BCUT2D eigenvalue weighted by Gasteiger charge is 2.27. The molecule has 0 aromatic heterocycles. The highest BCUT2D eigenvalue weighted by molar-refractivity contribution is 7.80. The molecule has 1 atom stereocenters. The molecule has 80 valence electrons. The Labute approximate surface area is 89.8 Å². The maximum Gasteiger partial charge on any atom is 0.237 e. The highest BCUT2D eigenvalue weighted by Crippen LogP contribution is 2.08. The van der Waals surface area contributed by atoms with Crippen molar-refractivity contribution in [1.29, 1.82) is 0 Å². The fraction of sp³-hybridized carbons (Fsp3) is 0.778. The predicted octanol–water partition coefficient (Wildman–Crippen LogP) is -0.127. The van der Waals surface area contributed by atoms with E-state index in [0.29, 0.717) is 11.4 Å². The lowest BCUT2D eigenvalue weighted by Crippen LogP contribution is -2.55. The van der Waals surface area contributed by atoms with Crippen molar-refractivity contribution in [2.45, 2.75) is 25.8 Å². The fourth-order valence-electron chi connectivity index (χ4n) is 1.73. The Morgan fingerprint density at radius 1 is 1.79 bits per heavy atom. The molecule has 0 aromatic carbocycles. The van der Waals surface area contributed by atoms with Gasteiger partial charge in [-0.15, -0.1) is 0 Å². The second-order valence-corrected chi connectivity index (χ2v) is 3.99.